The fourth-order valence-corrected chi connectivity index (χ4v) is 1.54. The Morgan fingerprint density at radius 1 is 1.20 bits per heavy atom. The summed E-state index contributed by atoms with van der Waals surface area (Å²) in [6.07, 6.45) is 9.68. The fraction of sp³-hybridized carbons (Fsp3) is 0.308. The number of hydrogen-bond donors (Lipinski definition) is 0. The van der Waals surface area contributed by atoms with Crippen LogP contribution in [0.25, 0.3) is 0 Å². The lowest BCUT2D eigenvalue weighted by Gasteiger charge is -2.19. The summed E-state index contributed by atoms with van der Waals surface area (Å²) in [6, 6.07) is 0. The Kier molecular flexibility index (Phi) is 2.14. The summed E-state index contributed by atoms with van der Waals surface area (Å²) >= 11 is 0. The zero-order chi connectivity index (χ0) is 11.1. The van der Waals surface area contributed by atoms with Crippen molar-refractivity contribution in [3.8, 4) is 0 Å². The molecule has 2 nitrogen and oxygen atoms in total. The van der Waals surface area contributed by atoms with E-state index in [1.54, 1.807) is 0 Å². The first-order valence-corrected chi connectivity index (χ1v) is 5.01. The summed E-state index contributed by atoms with van der Waals surface area (Å²) in [5.74, 6) is -0.251. The third-order valence-corrected chi connectivity index (χ3v) is 2.14. The number of fused-ring (bicyclic) bond motifs is 1. The second-order valence-corrected chi connectivity index (χ2v) is 4.68. The maximum atomic E-state index is 11.7. The summed E-state index contributed by atoms with van der Waals surface area (Å²) in [7, 11) is 0. The molecular formula is C13H14O2. The summed E-state index contributed by atoms with van der Waals surface area (Å²) in [5, 5.41) is 0. The van der Waals surface area contributed by atoms with Crippen molar-refractivity contribution in [3.63, 3.8) is 0 Å². The number of esters is 1. The molecule has 0 fully saturated rings. The summed E-state index contributed by atoms with van der Waals surface area (Å²) in [5.41, 5.74) is 2.39. The molecule has 0 amide bonds. The standard InChI is InChI=1S/C13H14O2/c1-13(2,3)15-12(14)11-7-9-5-4-6-10(9)8-11/h4-8H,1-3H3. The first-order valence-electron chi connectivity index (χ1n) is 5.01. The molecule has 0 radical (unpaired) electrons. The molecule has 0 heterocycles. The molecule has 0 aliphatic heterocycles. The summed E-state index contributed by atoms with van der Waals surface area (Å²) in [6.45, 7) is 5.61. The molecule has 0 aromatic carbocycles. The normalized spacial score (nSPS) is 18.2. The molecule has 0 spiro atoms. The van der Waals surface area contributed by atoms with Gasteiger partial charge in [-0.3, -0.25) is 0 Å². The molecule has 0 saturated carbocycles. The van der Waals surface area contributed by atoms with Crippen molar-refractivity contribution in [2.45, 2.75) is 26.4 Å². The predicted molar refractivity (Wildman–Crippen MR) is 59.2 cm³/mol. The molecule has 0 aromatic heterocycles. The van der Waals surface area contributed by atoms with Crippen LogP contribution in [0, 0.1) is 0 Å². The van der Waals surface area contributed by atoms with E-state index in [1.165, 1.54) is 0 Å². The monoisotopic (exact) mass is 202 g/mol. The van der Waals surface area contributed by atoms with Crippen LogP contribution in [0.1, 0.15) is 20.8 Å². The van der Waals surface area contributed by atoms with E-state index < -0.39 is 5.60 Å². The highest BCUT2D eigenvalue weighted by Gasteiger charge is 2.23. The van der Waals surface area contributed by atoms with Crippen LogP contribution in [-0.2, 0) is 9.53 Å². The third kappa shape index (κ3) is 2.09. The Hall–Kier alpha value is -1.57. The molecule has 0 N–H and O–H groups in total. The Morgan fingerprint density at radius 2 is 1.93 bits per heavy atom. The average molecular weight is 202 g/mol. The third-order valence-electron chi connectivity index (χ3n) is 2.14. The molecule has 2 heteroatoms. The van der Waals surface area contributed by atoms with Gasteiger partial charge in [0.15, 0.2) is 0 Å². The highest BCUT2D eigenvalue weighted by atomic mass is 16.6. The van der Waals surface area contributed by atoms with Crippen molar-refractivity contribution in [2.75, 3.05) is 0 Å². The van der Waals surface area contributed by atoms with Gasteiger partial charge in [0.1, 0.15) is 5.60 Å². The van der Waals surface area contributed by atoms with Gasteiger partial charge in [-0.05, 0) is 44.1 Å². The Labute approximate surface area is 89.6 Å². The van der Waals surface area contributed by atoms with Crippen LogP contribution >= 0.6 is 0 Å². The molecule has 0 aromatic rings. The molecule has 0 bridgehead atoms. The van der Waals surface area contributed by atoms with E-state index in [-0.39, 0.29) is 5.97 Å². The van der Waals surface area contributed by atoms with Crippen molar-refractivity contribution in [2.24, 2.45) is 0 Å². The van der Waals surface area contributed by atoms with Crippen molar-refractivity contribution < 1.29 is 9.53 Å². The number of ether oxygens (including phenoxy) is 1. The molecule has 15 heavy (non-hydrogen) atoms. The van der Waals surface area contributed by atoms with Crippen molar-refractivity contribution in [1.29, 1.82) is 0 Å². The molecule has 0 unspecified atom stereocenters. The minimum atomic E-state index is -0.432. The van der Waals surface area contributed by atoms with Crippen molar-refractivity contribution in [1.82, 2.24) is 0 Å². The van der Waals surface area contributed by atoms with Gasteiger partial charge in [-0.25, -0.2) is 4.79 Å². The lowest BCUT2D eigenvalue weighted by atomic mass is 10.2. The average Bonchev–Trinajstić information content (AvgIpc) is 2.56. The highest BCUT2D eigenvalue weighted by Crippen LogP contribution is 2.29. The largest absolute Gasteiger partial charge is 0.456 e. The number of carbonyl (C=O) groups is 1. The molecule has 2 rings (SSSR count). The first-order chi connectivity index (χ1) is 6.96. The minimum absolute atomic E-state index is 0.251. The smallest absolute Gasteiger partial charge is 0.338 e. The summed E-state index contributed by atoms with van der Waals surface area (Å²) in [4.78, 5) is 11.7. The quantitative estimate of drug-likeness (QED) is 0.611. The zero-order valence-corrected chi connectivity index (χ0v) is 9.20. The van der Waals surface area contributed by atoms with Crippen LogP contribution in [-0.4, -0.2) is 11.6 Å². The number of hydrogen-bond acceptors (Lipinski definition) is 2. The van der Waals surface area contributed by atoms with Crippen LogP contribution in [0.5, 0.6) is 0 Å². The zero-order valence-electron chi connectivity index (χ0n) is 9.20. The van der Waals surface area contributed by atoms with Gasteiger partial charge < -0.3 is 4.74 Å². The number of allylic oxidation sites excluding steroid dienone is 6. The number of rotatable bonds is 1. The van der Waals surface area contributed by atoms with Gasteiger partial charge in [-0.2, -0.15) is 0 Å². The predicted octanol–water partition coefficient (Wildman–Crippen LogP) is 2.69. The maximum Gasteiger partial charge on any atom is 0.338 e. The van der Waals surface area contributed by atoms with Crippen LogP contribution in [0.4, 0.5) is 0 Å². The van der Waals surface area contributed by atoms with E-state index in [9.17, 15) is 4.79 Å². The van der Waals surface area contributed by atoms with E-state index in [1.807, 2.05) is 51.2 Å². The van der Waals surface area contributed by atoms with E-state index in [4.69, 9.17) is 4.74 Å². The molecule has 78 valence electrons. The van der Waals surface area contributed by atoms with Crippen molar-refractivity contribution >= 4 is 5.97 Å². The van der Waals surface area contributed by atoms with Gasteiger partial charge in [0.05, 0.1) is 5.57 Å². The van der Waals surface area contributed by atoms with Gasteiger partial charge in [0.25, 0.3) is 0 Å². The fourth-order valence-electron chi connectivity index (χ4n) is 1.54. The van der Waals surface area contributed by atoms with Crippen LogP contribution < -0.4 is 0 Å². The van der Waals surface area contributed by atoms with E-state index >= 15 is 0 Å². The first kappa shape index (κ1) is 9.97. The topological polar surface area (TPSA) is 26.3 Å². The van der Waals surface area contributed by atoms with Crippen LogP contribution in [0.3, 0.4) is 0 Å². The van der Waals surface area contributed by atoms with Crippen molar-refractivity contribution in [3.05, 3.63) is 47.1 Å². The second kappa shape index (κ2) is 3.23. The van der Waals surface area contributed by atoms with Gasteiger partial charge in [0.2, 0.25) is 0 Å². The van der Waals surface area contributed by atoms with Gasteiger partial charge in [-0.1, -0.05) is 18.2 Å². The highest BCUT2D eigenvalue weighted by molar-refractivity contribution is 5.95. The Balaban J connectivity index is 2.12. The van der Waals surface area contributed by atoms with Gasteiger partial charge >= 0.3 is 5.97 Å². The molecule has 2 aliphatic rings. The van der Waals surface area contributed by atoms with Gasteiger partial charge in [-0.15, -0.1) is 0 Å². The van der Waals surface area contributed by atoms with Gasteiger partial charge in [0, 0.05) is 0 Å². The molecular weight excluding hydrogens is 188 g/mol. The van der Waals surface area contributed by atoms with E-state index in [2.05, 4.69) is 0 Å². The maximum absolute atomic E-state index is 11.7. The minimum Gasteiger partial charge on any atom is -0.456 e. The van der Waals surface area contributed by atoms with Crippen LogP contribution in [0.15, 0.2) is 47.1 Å². The lowest BCUT2D eigenvalue weighted by molar-refractivity contribution is -0.149. The second-order valence-electron chi connectivity index (χ2n) is 4.68. The molecule has 2 aliphatic carbocycles. The Bertz CT molecular complexity index is 426. The molecule has 0 saturated heterocycles. The van der Waals surface area contributed by atoms with E-state index in [0.29, 0.717) is 5.57 Å². The SMILES string of the molecule is CC(C)(C)OC(=O)C1=CC2=CC=CC2=C1. The van der Waals surface area contributed by atoms with Crippen LogP contribution in [0.2, 0.25) is 0 Å². The number of carbonyl (C=O) groups excluding carboxylic acids is 1. The lowest BCUT2D eigenvalue weighted by Crippen LogP contribution is -2.24. The summed E-state index contributed by atoms with van der Waals surface area (Å²) < 4.78 is 5.28. The Morgan fingerprint density at radius 3 is 2.53 bits per heavy atom. The molecule has 0 atom stereocenters. The van der Waals surface area contributed by atoms with E-state index in [0.717, 1.165) is 11.1 Å².